The number of fused-ring (bicyclic) bond motifs is 3. The number of methoxy groups -OCH3 is 1. The van der Waals surface area contributed by atoms with Gasteiger partial charge in [0.05, 0.1) is 28.6 Å². The molecule has 2 amide bonds. The first kappa shape index (κ1) is 20.6. The minimum Gasteiger partial charge on any atom is -0.390 e. The molecule has 0 aliphatic heterocycles. The van der Waals surface area contributed by atoms with Crippen LogP contribution in [-0.2, 0) is 19.9 Å². The topological polar surface area (TPSA) is 134 Å². The van der Waals surface area contributed by atoms with Crippen LogP contribution in [0.4, 0.5) is 5.82 Å². The van der Waals surface area contributed by atoms with E-state index < -0.39 is 17.4 Å². The molecule has 0 spiro atoms. The van der Waals surface area contributed by atoms with Crippen LogP contribution < -0.4 is 10.6 Å². The van der Waals surface area contributed by atoms with Crippen molar-refractivity contribution in [1.29, 1.82) is 0 Å². The normalized spacial score (nSPS) is 30.2. The number of rotatable bonds is 5. The van der Waals surface area contributed by atoms with Gasteiger partial charge in [-0.3, -0.25) is 19.4 Å². The summed E-state index contributed by atoms with van der Waals surface area (Å²) in [6.45, 7) is 0.574. The number of ether oxygens (including phenoxy) is 1. The third-order valence-electron chi connectivity index (χ3n) is 7.73. The van der Waals surface area contributed by atoms with Crippen molar-refractivity contribution in [2.24, 2.45) is 11.8 Å². The van der Waals surface area contributed by atoms with Crippen molar-refractivity contribution in [2.75, 3.05) is 25.6 Å². The van der Waals surface area contributed by atoms with Crippen molar-refractivity contribution >= 4 is 39.6 Å². The van der Waals surface area contributed by atoms with E-state index in [0.717, 1.165) is 42.0 Å². The molecule has 4 fully saturated rings. The fourth-order valence-corrected chi connectivity index (χ4v) is 6.99. The van der Waals surface area contributed by atoms with Crippen molar-refractivity contribution in [1.82, 2.24) is 25.1 Å². The summed E-state index contributed by atoms with van der Waals surface area (Å²) in [5.41, 5.74) is 0.620. The Bertz CT molecular complexity index is 1250. The van der Waals surface area contributed by atoms with Crippen molar-refractivity contribution < 1.29 is 19.4 Å². The van der Waals surface area contributed by atoms with Gasteiger partial charge in [0.15, 0.2) is 5.65 Å². The monoisotopic (exact) mass is 452 g/mol. The van der Waals surface area contributed by atoms with Crippen LogP contribution in [-0.4, -0.2) is 62.5 Å². The van der Waals surface area contributed by atoms with E-state index in [1.165, 1.54) is 13.5 Å². The minimum absolute atomic E-state index is 0.250. The molecule has 4 aliphatic rings. The molecule has 0 aromatic carbocycles. The summed E-state index contributed by atoms with van der Waals surface area (Å²) in [4.78, 5) is 33.7. The first-order valence-electron chi connectivity index (χ1n) is 11.5. The summed E-state index contributed by atoms with van der Waals surface area (Å²) in [7, 11) is 1.53. The van der Waals surface area contributed by atoms with E-state index in [2.05, 4.69) is 30.4 Å². The summed E-state index contributed by atoms with van der Waals surface area (Å²) in [6, 6.07) is 1.92. The lowest BCUT2D eigenvalue weighted by molar-refractivity contribution is -0.158. The largest absolute Gasteiger partial charge is 0.390 e. The van der Waals surface area contributed by atoms with Crippen molar-refractivity contribution in [3.05, 3.63) is 18.5 Å². The highest BCUT2D eigenvalue weighted by molar-refractivity contribution is 6.40. The van der Waals surface area contributed by atoms with Crippen molar-refractivity contribution in [3.63, 3.8) is 0 Å². The van der Waals surface area contributed by atoms with Gasteiger partial charge in [0.2, 0.25) is 0 Å². The third-order valence-corrected chi connectivity index (χ3v) is 7.73. The lowest BCUT2D eigenvalue weighted by Crippen LogP contribution is -2.59. The minimum atomic E-state index is -0.758. The second kappa shape index (κ2) is 7.26. The number of H-pyrrole nitrogens is 1. The SMILES string of the molecule is COCCNC(=O)C(=O)Nc1[nH]n(C23CC4CC(CC(O)(C4)C2)C3)c2c1cnc1nccc12. The fraction of sp³-hybridized carbons (Fsp3) is 0.565. The van der Waals surface area contributed by atoms with Crippen LogP contribution in [0, 0.1) is 11.8 Å². The number of hydrogen-bond acceptors (Lipinski definition) is 6. The zero-order chi connectivity index (χ0) is 22.8. The van der Waals surface area contributed by atoms with Crippen LogP contribution in [0.25, 0.3) is 21.9 Å². The van der Waals surface area contributed by atoms with E-state index in [-0.39, 0.29) is 12.1 Å². The van der Waals surface area contributed by atoms with Crippen LogP contribution >= 0.6 is 0 Å². The van der Waals surface area contributed by atoms with Gasteiger partial charge in [-0.25, -0.2) is 9.97 Å². The van der Waals surface area contributed by atoms with Gasteiger partial charge in [0, 0.05) is 37.9 Å². The zero-order valence-corrected chi connectivity index (χ0v) is 18.6. The summed E-state index contributed by atoms with van der Waals surface area (Å²) in [5, 5.41) is 21.6. The highest BCUT2D eigenvalue weighted by atomic mass is 16.5. The summed E-state index contributed by atoms with van der Waals surface area (Å²) >= 11 is 0. The number of aliphatic hydroxyl groups is 1. The molecule has 174 valence electrons. The van der Waals surface area contributed by atoms with Crippen LogP contribution in [0.1, 0.15) is 38.5 Å². The van der Waals surface area contributed by atoms with E-state index in [4.69, 9.17) is 4.74 Å². The Balaban J connectivity index is 1.43. The predicted molar refractivity (Wildman–Crippen MR) is 121 cm³/mol. The Morgan fingerprint density at radius 2 is 2.00 bits per heavy atom. The number of nitrogens with one attached hydrogen (secondary N) is 3. The van der Waals surface area contributed by atoms with Crippen LogP contribution in [0.5, 0.6) is 0 Å². The molecule has 3 aromatic heterocycles. The van der Waals surface area contributed by atoms with Crippen LogP contribution in [0.2, 0.25) is 0 Å². The fourth-order valence-electron chi connectivity index (χ4n) is 6.99. The first-order valence-corrected chi connectivity index (χ1v) is 11.5. The molecule has 0 saturated heterocycles. The second-order valence-electron chi connectivity index (χ2n) is 10.1. The smallest absolute Gasteiger partial charge is 0.314 e. The molecule has 33 heavy (non-hydrogen) atoms. The summed E-state index contributed by atoms with van der Waals surface area (Å²) in [5.74, 6) is -0.0837. The molecule has 4 aliphatic carbocycles. The van der Waals surface area contributed by atoms with Gasteiger partial charge >= 0.3 is 11.8 Å². The summed E-state index contributed by atoms with van der Waals surface area (Å²) in [6.07, 6.45) is 8.95. The Morgan fingerprint density at radius 1 is 1.21 bits per heavy atom. The lowest BCUT2D eigenvalue weighted by atomic mass is 9.51. The Hall–Kier alpha value is -2.98. The van der Waals surface area contributed by atoms with E-state index in [1.54, 1.807) is 12.4 Å². The maximum atomic E-state index is 12.6. The van der Waals surface area contributed by atoms with Gasteiger partial charge in [-0.2, -0.15) is 0 Å². The van der Waals surface area contributed by atoms with Gasteiger partial charge in [0.25, 0.3) is 0 Å². The molecule has 3 aromatic rings. The molecular weight excluding hydrogens is 424 g/mol. The number of amides is 2. The number of hydrogen-bond donors (Lipinski definition) is 4. The van der Waals surface area contributed by atoms with E-state index >= 15 is 0 Å². The van der Waals surface area contributed by atoms with Crippen molar-refractivity contribution in [3.8, 4) is 0 Å². The average molecular weight is 453 g/mol. The number of aromatic amines is 1. The highest BCUT2D eigenvalue weighted by Crippen LogP contribution is 2.61. The average Bonchev–Trinajstić information content (AvgIpc) is 3.37. The van der Waals surface area contributed by atoms with E-state index in [9.17, 15) is 14.7 Å². The Morgan fingerprint density at radius 3 is 2.73 bits per heavy atom. The number of pyridine rings is 1. The molecule has 2 unspecified atom stereocenters. The Kier molecular flexibility index (Phi) is 4.54. The van der Waals surface area contributed by atoms with Gasteiger partial charge in [-0.05, 0) is 50.0 Å². The number of aromatic nitrogens is 4. The zero-order valence-electron chi connectivity index (χ0n) is 18.6. The predicted octanol–water partition coefficient (Wildman–Crippen LogP) is 1.65. The molecule has 2 atom stereocenters. The number of carbonyl (C=O) groups is 2. The molecule has 0 radical (unpaired) electrons. The molecule has 4 N–H and O–H groups in total. The maximum absolute atomic E-state index is 12.6. The molecule has 4 bridgehead atoms. The lowest BCUT2D eigenvalue weighted by Gasteiger charge is -2.60. The van der Waals surface area contributed by atoms with Gasteiger partial charge in [-0.1, -0.05) is 0 Å². The maximum Gasteiger partial charge on any atom is 0.314 e. The molecule has 10 heteroatoms. The number of anilines is 1. The van der Waals surface area contributed by atoms with Crippen LogP contribution in [0.3, 0.4) is 0 Å². The second-order valence-corrected chi connectivity index (χ2v) is 10.1. The molecular formula is C23H28N6O4. The van der Waals surface area contributed by atoms with Gasteiger partial charge < -0.3 is 20.5 Å². The highest BCUT2D eigenvalue weighted by Gasteiger charge is 2.58. The Labute approximate surface area is 190 Å². The van der Waals surface area contributed by atoms with Gasteiger partial charge in [0.1, 0.15) is 5.82 Å². The van der Waals surface area contributed by atoms with Crippen LogP contribution in [0.15, 0.2) is 18.5 Å². The molecule has 4 saturated carbocycles. The van der Waals surface area contributed by atoms with Gasteiger partial charge in [-0.15, -0.1) is 0 Å². The molecule has 3 heterocycles. The number of nitrogens with zero attached hydrogens (tertiary/aromatic N) is 3. The standard InChI is InChI=1S/C23H28N6O4/c1-33-5-4-25-20(30)21(31)27-19-16-11-26-18-15(2-3-24-18)17(16)29(28-19)22-7-13-6-14(8-22)10-23(32,9-13)12-22/h2-3,11,13-14,28,32H,4-10,12H2,1H3,(H,25,30)(H,27,31). The van der Waals surface area contributed by atoms with E-state index in [0.29, 0.717) is 36.3 Å². The molecule has 7 rings (SSSR count). The van der Waals surface area contributed by atoms with Crippen molar-refractivity contribution in [2.45, 2.75) is 49.7 Å². The number of carbonyl (C=O) groups excluding carboxylic acids is 2. The summed E-state index contributed by atoms with van der Waals surface area (Å²) < 4.78 is 7.05. The van der Waals surface area contributed by atoms with E-state index in [1.807, 2.05) is 6.07 Å². The first-order chi connectivity index (χ1) is 15.9. The third kappa shape index (κ3) is 3.23. The molecule has 10 nitrogen and oxygen atoms in total. The quantitative estimate of drug-likeness (QED) is 0.344.